The van der Waals surface area contributed by atoms with Gasteiger partial charge in [0.1, 0.15) is 5.82 Å². The first-order valence-electron chi connectivity index (χ1n) is 4.78. The summed E-state index contributed by atoms with van der Waals surface area (Å²) in [5.41, 5.74) is 0.454. The number of H-pyrrole nitrogens is 1. The van der Waals surface area contributed by atoms with Crippen LogP contribution in [0, 0.1) is 12.7 Å². The summed E-state index contributed by atoms with van der Waals surface area (Å²) < 4.78 is 39.2. The molecule has 2 N–H and O–H groups in total. The number of benzene rings is 1. The molecule has 90 valence electrons. The van der Waals surface area contributed by atoms with E-state index in [1.165, 1.54) is 37.4 Å². The van der Waals surface area contributed by atoms with Gasteiger partial charge < -0.3 is 0 Å². The van der Waals surface area contributed by atoms with Gasteiger partial charge in [0.25, 0.3) is 10.0 Å². The summed E-state index contributed by atoms with van der Waals surface area (Å²) >= 11 is 0. The number of aromatic amines is 1. The molecule has 0 aliphatic rings. The number of aromatic nitrogens is 2. The smallest absolute Gasteiger partial charge is 0.278 e. The van der Waals surface area contributed by atoms with E-state index in [1.807, 2.05) is 0 Å². The second-order valence-electron chi connectivity index (χ2n) is 3.44. The third-order valence-electron chi connectivity index (χ3n) is 2.28. The molecule has 0 spiro atoms. The first-order chi connectivity index (χ1) is 8.00. The third kappa shape index (κ3) is 2.28. The van der Waals surface area contributed by atoms with Gasteiger partial charge in [0, 0.05) is 5.56 Å². The molecule has 0 radical (unpaired) electrons. The second kappa shape index (κ2) is 4.17. The topological polar surface area (TPSA) is 74.8 Å². The third-order valence-corrected chi connectivity index (χ3v) is 3.57. The average molecular weight is 255 g/mol. The predicted molar refractivity (Wildman–Crippen MR) is 60.5 cm³/mol. The number of halogens is 1. The lowest BCUT2D eigenvalue weighted by molar-refractivity contribution is 0.596. The van der Waals surface area contributed by atoms with Crippen molar-refractivity contribution in [1.29, 1.82) is 0 Å². The average Bonchev–Trinajstić information content (AvgIpc) is 2.78. The zero-order valence-electron chi connectivity index (χ0n) is 8.94. The lowest BCUT2D eigenvalue weighted by Gasteiger charge is -2.09. The number of nitrogens with one attached hydrogen (secondary N) is 2. The molecule has 2 rings (SSSR count). The number of sulfonamides is 1. The summed E-state index contributed by atoms with van der Waals surface area (Å²) in [7, 11) is -3.74. The Balaban J connectivity index is 2.37. The molecule has 1 aromatic carbocycles. The standard InChI is InChI=1S/C10H10FN3O2S/c1-7-8(11)3-2-4-9(7)14-17(15,16)10-5-6-12-13-10/h2-6,14H,1H3,(H,12,13). The van der Waals surface area contributed by atoms with E-state index in [4.69, 9.17) is 0 Å². The Morgan fingerprint density at radius 2 is 2.12 bits per heavy atom. The van der Waals surface area contributed by atoms with Crippen LogP contribution in [0.3, 0.4) is 0 Å². The molecule has 0 saturated heterocycles. The summed E-state index contributed by atoms with van der Waals surface area (Å²) in [5.74, 6) is -0.463. The molecule has 0 aliphatic carbocycles. The van der Waals surface area contributed by atoms with E-state index < -0.39 is 15.8 Å². The fourth-order valence-electron chi connectivity index (χ4n) is 1.31. The van der Waals surface area contributed by atoms with E-state index in [0.29, 0.717) is 0 Å². The van der Waals surface area contributed by atoms with E-state index in [0.717, 1.165) is 0 Å². The summed E-state index contributed by atoms with van der Waals surface area (Å²) in [6, 6.07) is 5.51. The van der Waals surface area contributed by atoms with Gasteiger partial charge in [0.2, 0.25) is 0 Å². The molecule has 0 atom stereocenters. The van der Waals surface area contributed by atoms with Crippen LogP contribution in [0.5, 0.6) is 0 Å². The normalized spacial score (nSPS) is 11.4. The lowest BCUT2D eigenvalue weighted by Crippen LogP contribution is -2.14. The van der Waals surface area contributed by atoms with Crippen LogP contribution in [0.2, 0.25) is 0 Å². The maximum Gasteiger partial charge on any atom is 0.278 e. The van der Waals surface area contributed by atoms with Gasteiger partial charge in [-0.15, -0.1) is 0 Å². The Hall–Kier alpha value is -1.89. The highest BCUT2D eigenvalue weighted by molar-refractivity contribution is 7.92. The second-order valence-corrected chi connectivity index (χ2v) is 5.09. The first kappa shape index (κ1) is 11.6. The molecule has 5 nitrogen and oxygen atoms in total. The summed E-state index contributed by atoms with van der Waals surface area (Å²) in [6.45, 7) is 1.50. The van der Waals surface area contributed by atoms with Gasteiger partial charge >= 0.3 is 0 Å². The highest BCUT2D eigenvalue weighted by Crippen LogP contribution is 2.20. The number of nitrogens with zero attached hydrogens (tertiary/aromatic N) is 1. The van der Waals surface area contributed by atoms with Crippen molar-refractivity contribution in [3.8, 4) is 0 Å². The Kier molecular flexibility index (Phi) is 2.84. The largest absolute Gasteiger partial charge is 0.278 e. The molecule has 17 heavy (non-hydrogen) atoms. The van der Waals surface area contributed by atoms with E-state index in [2.05, 4.69) is 14.9 Å². The number of hydrogen-bond acceptors (Lipinski definition) is 3. The fourth-order valence-corrected chi connectivity index (χ4v) is 2.34. The summed E-state index contributed by atoms with van der Waals surface area (Å²) in [5, 5.41) is 5.82. The van der Waals surface area contributed by atoms with Crippen LogP contribution in [0.4, 0.5) is 10.1 Å². The molecule has 0 amide bonds. The van der Waals surface area contributed by atoms with Gasteiger partial charge in [-0.2, -0.15) is 13.5 Å². The molecule has 0 fully saturated rings. The van der Waals surface area contributed by atoms with Gasteiger partial charge in [-0.25, -0.2) is 4.39 Å². The molecular weight excluding hydrogens is 245 g/mol. The van der Waals surface area contributed by atoms with Crippen molar-refractivity contribution in [2.45, 2.75) is 11.9 Å². The Bertz CT molecular complexity index is 623. The molecule has 1 aromatic heterocycles. The maximum absolute atomic E-state index is 13.2. The maximum atomic E-state index is 13.2. The van der Waals surface area contributed by atoms with Crippen LogP contribution in [0.15, 0.2) is 35.5 Å². The van der Waals surface area contributed by atoms with Gasteiger partial charge in [0.05, 0.1) is 11.9 Å². The van der Waals surface area contributed by atoms with Gasteiger partial charge in [0.15, 0.2) is 5.03 Å². The van der Waals surface area contributed by atoms with Crippen molar-refractivity contribution < 1.29 is 12.8 Å². The highest BCUT2D eigenvalue weighted by Gasteiger charge is 2.17. The van der Waals surface area contributed by atoms with Crippen LogP contribution >= 0.6 is 0 Å². The minimum Gasteiger partial charge on any atom is -0.278 e. The van der Waals surface area contributed by atoms with Crippen molar-refractivity contribution in [3.05, 3.63) is 41.8 Å². The van der Waals surface area contributed by atoms with E-state index in [9.17, 15) is 12.8 Å². The molecule has 2 aromatic rings. The van der Waals surface area contributed by atoms with Crippen molar-refractivity contribution >= 4 is 15.7 Å². The van der Waals surface area contributed by atoms with Gasteiger partial charge in [-0.3, -0.25) is 9.82 Å². The number of anilines is 1. The minimum absolute atomic E-state index is 0.0684. The Morgan fingerprint density at radius 1 is 1.35 bits per heavy atom. The van der Waals surface area contributed by atoms with Crippen LogP contribution in [0.25, 0.3) is 0 Å². The summed E-state index contributed by atoms with van der Waals surface area (Å²) in [6.07, 6.45) is 1.33. The van der Waals surface area contributed by atoms with Gasteiger partial charge in [-0.1, -0.05) is 6.07 Å². The molecule has 0 aliphatic heterocycles. The molecular formula is C10H10FN3O2S. The molecule has 0 unspecified atom stereocenters. The van der Waals surface area contributed by atoms with E-state index in [-0.39, 0.29) is 16.3 Å². The predicted octanol–water partition coefficient (Wildman–Crippen LogP) is 1.66. The van der Waals surface area contributed by atoms with Crippen molar-refractivity contribution in [1.82, 2.24) is 10.2 Å². The van der Waals surface area contributed by atoms with Crippen LogP contribution in [0.1, 0.15) is 5.56 Å². The van der Waals surface area contributed by atoms with Crippen LogP contribution in [-0.4, -0.2) is 18.6 Å². The Morgan fingerprint density at radius 3 is 2.76 bits per heavy atom. The van der Waals surface area contributed by atoms with Crippen molar-refractivity contribution in [3.63, 3.8) is 0 Å². The van der Waals surface area contributed by atoms with Gasteiger partial charge in [-0.05, 0) is 25.1 Å². The van der Waals surface area contributed by atoms with Crippen molar-refractivity contribution in [2.75, 3.05) is 4.72 Å². The van der Waals surface area contributed by atoms with E-state index in [1.54, 1.807) is 0 Å². The van der Waals surface area contributed by atoms with Crippen molar-refractivity contribution in [2.24, 2.45) is 0 Å². The lowest BCUT2D eigenvalue weighted by atomic mass is 10.2. The molecule has 7 heteroatoms. The minimum atomic E-state index is -3.74. The number of rotatable bonds is 3. The van der Waals surface area contributed by atoms with Crippen LogP contribution in [-0.2, 0) is 10.0 Å². The van der Waals surface area contributed by atoms with Crippen LogP contribution < -0.4 is 4.72 Å². The quantitative estimate of drug-likeness (QED) is 0.875. The fraction of sp³-hybridized carbons (Fsp3) is 0.100. The zero-order chi connectivity index (χ0) is 12.5. The first-order valence-corrected chi connectivity index (χ1v) is 6.26. The monoisotopic (exact) mass is 255 g/mol. The molecule has 0 bridgehead atoms. The molecule has 0 saturated carbocycles. The Labute approximate surface area is 97.7 Å². The number of hydrogen-bond donors (Lipinski definition) is 2. The highest BCUT2D eigenvalue weighted by atomic mass is 32.2. The SMILES string of the molecule is Cc1c(F)cccc1NS(=O)(=O)c1ccn[nH]1. The van der Waals surface area contributed by atoms with E-state index >= 15 is 0 Å². The molecule has 1 heterocycles. The summed E-state index contributed by atoms with van der Waals surface area (Å²) in [4.78, 5) is 0. The zero-order valence-corrected chi connectivity index (χ0v) is 9.75.